The van der Waals surface area contributed by atoms with Gasteiger partial charge in [-0.25, -0.2) is 14.2 Å². The quantitative estimate of drug-likeness (QED) is 0.441. The zero-order valence-electron chi connectivity index (χ0n) is 18.4. The van der Waals surface area contributed by atoms with Crippen molar-refractivity contribution in [1.82, 2.24) is 15.2 Å². The Morgan fingerprint density at radius 2 is 1.89 bits per heavy atom. The molecule has 1 aliphatic rings. The highest BCUT2D eigenvalue weighted by Gasteiger charge is 2.31. The summed E-state index contributed by atoms with van der Waals surface area (Å²) in [5, 5.41) is 3.16. The van der Waals surface area contributed by atoms with Crippen molar-refractivity contribution >= 4 is 45.1 Å². The van der Waals surface area contributed by atoms with Crippen molar-refractivity contribution in [2.75, 3.05) is 44.3 Å². The summed E-state index contributed by atoms with van der Waals surface area (Å²) in [6.45, 7) is 3.78. The fourth-order valence-corrected chi connectivity index (χ4v) is 4.45. The lowest BCUT2D eigenvalue weighted by Crippen LogP contribution is -2.46. The Morgan fingerprint density at radius 1 is 1.17 bits per heavy atom. The van der Waals surface area contributed by atoms with Crippen molar-refractivity contribution < 1.29 is 31.8 Å². The van der Waals surface area contributed by atoms with Crippen LogP contribution >= 0.6 is 23.7 Å². The molecule has 2 amide bonds. The van der Waals surface area contributed by atoms with Gasteiger partial charge in [-0.05, 0) is 29.8 Å². The third kappa shape index (κ3) is 7.66. The number of ether oxygens (including phenoxy) is 2. The van der Waals surface area contributed by atoms with Gasteiger partial charge in [-0.15, -0.1) is 25.6 Å². The number of nitrogens with one attached hydrogen (secondary N) is 1. The summed E-state index contributed by atoms with van der Waals surface area (Å²) in [6.07, 6.45) is -4.80. The van der Waals surface area contributed by atoms with E-state index in [4.69, 9.17) is 4.74 Å². The van der Waals surface area contributed by atoms with Crippen LogP contribution in [-0.4, -0.2) is 61.7 Å². The molecule has 4 rings (SSSR count). The van der Waals surface area contributed by atoms with Gasteiger partial charge in [0.15, 0.2) is 5.13 Å². The second-order valence-corrected chi connectivity index (χ2v) is 8.57. The summed E-state index contributed by atoms with van der Waals surface area (Å²) in [5.74, 6) is -0.721. The number of amides is 2. The summed E-state index contributed by atoms with van der Waals surface area (Å²) in [7, 11) is 0. The predicted molar refractivity (Wildman–Crippen MR) is 127 cm³/mol. The van der Waals surface area contributed by atoms with Crippen LogP contribution in [-0.2, 0) is 11.3 Å². The van der Waals surface area contributed by atoms with Crippen LogP contribution in [0.5, 0.6) is 5.75 Å². The third-order valence-corrected chi connectivity index (χ3v) is 6.20. The number of thiazole rings is 1. The Labute approximate surface area is 209 Å². The molecule has 35 heavy (non-hydrogen) atoms. The van der Waals surface area contributed by atoms with E-state index in [9.17, 15) is 22.4 Å². The molecule has 1 aliphatic heterocycles. The fourth-order valence-electron chi connectivity index (χ4n) is 3.43. The van der Waals surface area contributed by atoms with Gasteiger partial charge >= 0.3 is 12.4 Å². The highest BCUT2D eigenvalue weighted by atomic mass is 35.5. The maximum absolute atomic E-state index is 13.1. The number of halogens is 5. The van der Waals surface area contributed by atoms with E-state index in [0.717, 1.165) is 30.0 Å². The highest BCUT2D eigenvalue weighted by molar-refractivity contribution is 7.22. The van der Waals surface area contributed by atoms with Gasteiger partial charge in [0.1, 0.15) is 11.6 Å². The number of urea groups is 1. The summed E-state index contributed by atoms with van der Waals surface area (Å²) < 4.78 is 60.7. The van der Waals surface area contributed by atoms with Crippen LogP contribution in [0.1, 0.15) is 5.56 Å². The van der Waals surface area contributed by atoms with E-state index in [1.54, 1.807) is 12.1 Å². The minimum Gasteiger partial charge on any atom is -0.406 e. The Balaban J connectivity index is 0.00000342. The molecule has 190 valence electrons. The number of anilines is 1. The second-order valence-electron chi connectivity index (χ2n) is 7.56. The minimum absolute atomic E-state index is 0. The second kappa shape index (κ2) is 11.8. The van der Waals surface area contributed by atoms with Gasteiger partial charge in [0.2, 0.25) is 0 Å². The van der Waals surface area contributed by atoms with Crippen molar-refractivity contribution in [3.63, 3.8) is 0 Å². The normalized spacial score (nSPS) is 14.4. The molecule has 2 aromatic carbocycles. The van der Waals surface area contributed by atoms with E-state index >= 15 is 0 Å². The highest BCUT2D eigenvalue weighted by Crippen LogP contribution is 2.33. The molecule has 7 nitrogen and oxygen atoms in total. The van der Waals surface area contributed by atoms with Gasteiger partial charge in [0.25, 0.3) is 0 Å². The molecule has 1 aromatic heterocycles. The number of carbonyl (C=O) groups excluding carboxylic acids is 1. The molecule has 0 saturated carbocycles. The summed E-state index contributed by atoms with van der Waals surface area (Å²) in [4.78, 5) is 21.2. The Bertz CT molecular complexity index is 1120. The minimum atomic E-state index is -4.80. The lowest BCUT2D eigenvalue weighted by atomic mass is 10.2. The Morgan fingerprint density at radius 3 is 2.57 bits per heavy atom. The van der Waals surface area contributed by atoms with E-state index in [2.05, 4.69) is 19.9 Å². The number of hydrogen-bond donors (Lipinski definition) is 1. The predicted octanol–water partition coefficient (Wildman–Crippen LogP) is 4.80. The van der Waals surface area contributed by atoms with Crippen molar-refractivity contribution in [3.8, 4) is 5.75 Å². The first-order valence-electron chi connectivity index (χ1n) is 10.5. The first-order valence-corrected chi connectivity index (χ1v) is 11.3. The molecule has 0 bridgehead atoms. The fraction of sp³-hybridized carbons (Fsp3) is 0.364. The maximum atomic E-state index is 13.1. The zero-order valence-corrected chi connectivity index (χ0v) is 20.0. The number of hydrogen-bond acceptors (Lipinski definition) is 6. The van der Waals surface area contributed by atoms with E-state index in [1.807, 2.05) is 0 Å². The van der Waals surface area contributed by atoms with Gasteiger partial charge in [0, 0.05) is 38.8 Å². The van der Waals surface area contributed by atoms with E-state index < -0.39 is 12.4 Å². The van der Waals surface area contributed by atoms with Gasteiger partial charge < -0.3 is 14.8 Å². The van der Waals surface area contributed by atoms with Crippen molar-refractivity contribution in [3.05, 3.63) is 53.8 Å². The molecule has 1 saturated heterocycles. The maximum Gasteiger partial charge on any atom is 0.573 e. The molecule has 0 spiro atoms. The Kier molecular flexibility index (Phi) is 9.11. The van der Waals surface area contributed by atoms with Crippen LogP contribution in [0.25, 0.3) is 10.2 Å². The monoisotopic (exact) mass is 534 g/mol. The zero-order chi connectivity index (χ0) is 24.1. The molecule has 0 aliphatic carbocycles. The van der Waals surface area contributed by atoms with Crippen molar-refractivity contribution in [2.45, 2.75) is 12.9 Å². The third-order valence-electron chi connectivity index (χ3n) is 5.16. The molecule has 3 aromatic rings. The van der Waals surface area contributed by atoms with Crippen molar-refractivity contribution in [2.24, 2.45) is 0 Å². The van der Waals surface area contributed by atoms with E-state index in [0.29, 0.717) is 41.7 Å². The number of fused-ring (bicyclic) bond motifs is 1. The number of benzene rings is 2. The van der Waals surface area contributed by atoms with Crippen LogP contribution in [0.4, 0.5) is 27.5 Å². The summed E-state index contributed by atoms with van der Waals surface area (Å²) in [6, 6.07) is 9.22. The lowest BCUT2D eigenvalue weighted by molar-refractivity contribution is -0.274. The van der Waals surface area contributed by atoms with Crippen LogP contribution in [0.3, 0.4) is 0 Å². The number of alkyl halides is 3. The molecule has 1 N–H and O–H groups in total. The molecular weight excluding hydrogens is 512 g/mol. The SMILES string of the molecule is Cl.O=C(NCc1ccc(F)cc1)N(CCN1CCOCC1)c1nc2ccc(OC(F)(F)F)cc2s1. The first kappa shape index (κ1) is 26.9. The summed E-state index contributed by atoms with van der Waals surface area (Å²) in [5.41, 5.74) is 1.18. The number of rotatable bonds is 7. The van der Waals surface area contributed by atoms with Gasteiger partial charge in [-0.2, -0.15) is 0 Å². The van der Waals surface area contributed by atoms with Gasteiger partial charge in [-0.3, -0.25) is 9.80 Å². The molecule has 1 fully saturated rings. The average Bonchev–Trinajstić information content (AvgIpc) is 3.21. The average molecular weight is 535 g/mol. The van der Waals surface area contributed by atoms with Crippen LogP contribution in [0.15, 0.2) is 42.5 Å². The van der Waals surface area contributed by atoms with E-state index in [1.165, 1.54) is 35.2 Å². The Hall–Kier alpha value is -2.67. The van der Waals surface area contributed by atoms with Crippen LogP contribution in [0, 0.1) is 5.82 Å². The first-order chi connectivity index (χ1) is 16.3. The topological polar surface area (TPSA) is 66.9 Å². The van der Waals surface area contributed by atoms with Gasteiger partial charge in [-0.1, -0.05) is 23.5 Å². The largest absolute Gasteiger partial charge is 0.573 e. The van der Waals surface area contributed by atoms with Crippen molar-refractivity contribution in [1.29, 1.82) is 0 Å². The molecular formula is C22H23ClF4N4O3S. The molecule has 0 atom stereocenters. The smallest absolute Gasteiger partial charge is 0.406 e. The number of carbonyl (C=O) groups is 1. The summed E-state index contributed by atoms with van der Waals surface area (Å²) >= 11 is 1.10. The number of morpholine rings is 1. The van der Waals surface area contributed by atoms with Gasteiger partial charge in [0.05, 0.1) is 23.4 Å². The molecule has 0 radical (unpaired) electrons. The number of nitrogens with zero attached hydrogens (tertiary/aromatic N) is 3. The lowest BCUT2D eigenvalue weighted by Gasteiger charge is -2.29. The molecule has 0 unspecified atom stereocenters. The van der Waals surface area contributed by atoms with Crippen LogP contribution in [0.2, 0.25) is 0 Å². The molecule has 2 heterocycles. The number of aromatic nitrogens is 1. The standard InChI is InChI=1S/C22H22F4N4O3S.ClH/c23-16-3-1-15(2-4-16)14-27-20(31)30(8-7-29-9-11-32-12-10-29)21-28-18-6-5-17(13-19(18)34-21)33-22(24,25)26;/h1-6,13H,7-12,14H2,(H,27,31);1H. The van der Waals surface area contributed by atoms with E-state index in [-0.39, 0.29) is 30.5 Å². The molecule has 13 heteroatoms. The van der Waals surface area contributed by atoms with Crippen LogP contribution < -0.4 is 15.0 Å².